The molecule has 3 aliphatic heterocycles. The molecule has 2 fully saturated rings. The van der Waals surface area contributed by atoms with E-state index in [-0.39, 0.29) is 30.1 Å². The van der Waals surface area contributed by atoms with Gasteiger partial charge < -0.3 is 29.8 Å². The molecule has 0 saturated carbocycles. The molecular formula is C41H46N12O6. The van der Waals surface area contributed by atoms with Crippen molar-refractivity contribution in [3.05, 3.63) is 77.2 Å². The Labute approximate surface area is 339 Å². The number of piperazine rings is 1. The zero-order chi connectivity index (χ0) is 41.2. The predicted molar refractivity (Wildman–Crippen MR) is 215 cm³/mol. The maximum Gasteiger partial charge on any atom is 0.323 e. The van der Waals surface area contributed by atoms with Crippen LogP contribution in [0.4, 0.5) is 21.9 Å². The molecule has 3 N–H and O–H groups in total. The second-order valence-corrected chi connectivity index (χ2v) is 15.5. The van der Waals surface area contributed by atoms with Crippen LogP contribution >= 0.6 is 0 Å². The Bertz CT molecular complexity index is 2430. The van der Waals surface area contributed by atoms with Crippen molar-refractivity contribution in [3.8, 4) is 11.6 Å². The first-order valence-corrected chi connectivity index (χ1v) is 20.0. The number of pyridine rings is 1. The highest BCUT2D eigenvalue weighted by Gasteiger charge is 2.39. The third-order valence-corrected chi connectivity index (χ3v) is 11.0. The molecule has 6 amide bonds. The maximum absolute atomic E-state index is 13.1. The van der Waals surface area contributed by atoms with Gasteiger partial charge in [-0.3, -0.25) is 24.5 Å². The molecule has 5 aromatic rings. The van der Waals surface area contributed by atoms with Gasteiger partial charge in [-0.25, -0.2) is 19.3 Å². The number of imide groups is 1. The molecule has 2 saturated heterocycles. The Morgan fingerprint density at radius 2 is 1.80 bits per heavy atom. The van der Waals surface area contributed by atoms with Crippen molar-refractivity contribution in [1.82, 2.24) is 44.9 Å². The molecule has 18 heteroatoms. The molecule has 0 bridgehead atoms. The fourth-order valence-electron chi connectivity index (χ4n) is 8.00. The van der Waals surface area contributed by atoms with E-state index in [0.29, 0.717) is 92.0 Å². The zero-order valence-electron chi connectivity index (χ0n) is 33.2. The van der Waals surface area contributed by atoms with Crippen LogP contribution in [-0.2, 0) is 27.3 Å². The van der Waals surface area contributed by atoms with E-state index in [1.165, 1.54) is 6.20 Å². The molecule has 0 aliphatic carbocycles. The Kier molecular flexibility index (Phi) is 11.0. The lowest BCUT2D eigenvalue weighted by atomic mass is 10.0. The molecule has 0 spiro atoms. The summed E-state index contributed by atoms with van der Waals surface area (Å²) >= 11 is 0. The third kappa shape index (κ3) is 8.33. The van der Waals surface area contributed by atoms with Gasteiger partial charge in [0.25, 0.3) is 11.8 Å². The average Bonchev–Trinajstić information content (AvgIpc) is 3.97. The number of fused-ring (bicyclic) bond motifs is 2. The molecule has 306 valence electrons. The standard InChI is InChI=1S/C41H46N12O6/c1-24(2)37-30(22-42-32-13-14-44-53(32)37)46-41(58)45-27-19-25(3)36(43-21-27)39-49-48-34(59-39)7-5-4-6-8-35(55)51-17-15-50(16-18-51)28-9-10-29-26(20-28)23-52(40(29)57)31-11-12-33(54)47-38(31)56/h9-10,13-14,19-22,24,31H,4-8,11-12,15-18,23H2,1-3H3,(H2,45,46,58)(H,47,54,56). The van der Waals surface area contributed by atoms with E-state index in [0.717, 1.165) is 41.8 Å². The molecule has 0 radical (unpaired) electrons. The smallest absolute Gasteiger partial charge is 0.323 e. The minimum Gasteiger partial charge on any atom is -0.419 e. The van der Waals surface area contributed by atoms with Gasteiger partial charge in [-0.15, -0.1) is 10.2 Å². The van der Waals surface area contributed by atoms with E-state index in [2.05, 4.69) is 46.1 Å². The number of benzene rings is 1. The van der Waals surface area contributed by atoms with E-state index >= 15 is 0 Å². The highest BCUT2D eigenvalue weighted by atomic mass is 16.4. The first-order valence-electron chi connectivity index (χ1n) is 20.0. The molecule has 4 aromatic heterocycles. The summed E-state index contributed by atoms with van der Waals surface area (Å²) in [5.74, 6) is 0.0977. The number of hydrogen-bond donors (Lipinski definition) is 3. The summed E-state index contributed by atoms with van der Waals surface area (Å²) in [5.41, 5.74) is 6.31. The Morgan fingerprint density at radius 1 is 0.966 bits per heavy atom. The van der Waals surface area contributed by atoms with Crippen LogP contribution in [0, 0.1) is 6.92 Å². The number of unbranched alkanes of at least 4 members (excludes halogenated alkanes) is 2. The number of nitrogens with zero attached hydrogens (tertiary/aromatic N) is 9. The Hall–Kier alpha value is -6.72. The van der Waals surface area contributed by atoms with Crippen molar-refractivity contribution >= 4 is 52.4 Å². The van der Waals surface area contributed by atoms with Gasteiger partial charge in [-0.1, -0.05) is 20.3 Å². The number of amides is 6. The van der Waals surface area contributed by atoms with Crippen molar-refractivity contribution in [3.63, 3.8) is 0 Å². The second-order valence-electron chi connectivity index (χ2n) is 15.5. The molecule has 1 unspecified atom stereocenters. The van der Waals surface area contributed by atoms with Crippen LogP contribution < -0.4 is 20.9 Å². The maximum atomic E-state index is 13.1. The van der Waals surface area contributed by atoms with Crippen LogP contribution in [0.15, 0.2) is 53.3 Å². The molecule has 7 heterocycles. The second kappa shape index (κ2) is 16.6. The number of carbonyl (C=O) groups excluding carboxylic acids is 5. The SMILES string of the molecule is Cc1cc(NC(=O)Nc2cnc3ccnn3c2C(C)C)cnc1-c1nnc(CCCCCC(=O)N2CCN(c3ccc4c(c3)CN(C3CCC(=O)NC3=O)C4=O)CC2)o1. The van der Waals surface area contributed by atoms with Crippen molar-refractivity contribution < 1.29 is 28.4 Å². The van der Waals surface area contributed by atoms with Crippen LogP contribution in [0.5, 0.6) is 0 Å². The number of carbonyl (C=O) groups is 5. The van der Waals surface area contributed by atoms with Gasteiger partial charge in [0.05, 0.1) is 35.7 Å². The van der Waals surface area contributed by atoms with Crippen molar-refractivity contribution in [2.75, 3.05) is 41.7 Å². The van der Waals surface area contributed by atoms with Gasteiger partial charge in [0.1, 0.15) is 11.7 Å². The molecule has 3 aliphatic rings. The lowest BCUT2D eigenvalue weighted by molar-refractivity contribution is -0.137. The lowest BCUT2D eigenvalue weighted by Crippen LogP contribution is -2.52. The van der Waals surface area contributed by atoms with E-state index in [1.54, 1.807) is 27.9 Å². The molecule has 1 atom stereocenters. The summed E-state index contributed by atoms with van der Waals surface area (Å²) in [6, 6.07) is 8.26. The summed E-state index contributed by atoms with van der Waals surface area (Å²) in [4.78, 5) is 77.6. The first-order chi connectivity index (χ1) is 28.5. The summed E-state index contributed by atoms with van der Waals surface area (Å²) in [7, 11) is 0. The fraction of sp³-hybridized carbons (Fsp3) is 0.415. The summed E-state index contributed by atoms with van der Waals surface area (Å²) < 4.78 is 7.65. The lowest BCUT2D eigenvalue weighted by Gasteiger charge is -2.36. The number of anilines is 3. The molecular weight excluding hydrogens is 757 g/mol. The van der Waals surface area contributed by atoms with Gasteiger partial charge in [0, 0.05) is 69.3 Å². The summed E-state index contributed by atoms with van der Waals surface area (Å²) in [6.45, 7) is 8.82. The minimum absolute atomic E-state index is 0.0902. The van der Waals surface area contributed by atoms with Crippen molar-refractivity contribution in [1.29, 1.82) is 0 Å². The van der Waals surface area contributed by atoms with Crippen LogP contribution in [0.3, 0.4) is 0 Å². The first kappa shape index (κ1) is 39.1. The molecule has 8 rings (SSSR count). The van der Waals surface area contributed by atoms with Gasteiger partial charge in [0.15, 0.2) is 5.65 Å². The minimum atomic E-state index is -0.643. The van der Waals surface area contributed by atoms with Crippen molar-refractivity contribution in [2.24, 2.45) is 0 Å². The van der Waals surface area contributed by atoms with E-state index in [1.807, 2.05) is 49.9 Å². The molecule has 1 aromatic carbocycles. The Balaban J connectivity index is 0.754. The van der Waals surface area contributed by atoms with E-state index in [9.17, 15) is 24.0 Å². The van der Waals surface area contributed by atoms with Crippen LogP contribution in [-0.4, -0.2) is 101 Å². The number of aryl methyl sites for hydroxylation is 2. The number of aromatic nitrogens is 6. The van der Waals surface area contributed by atoms with E-state index in [4.69, 9.17) is 4.42 Å². The topological polar surface area (TPSA) is 213 Å². The van der Waals surface area contributed by atoms with Gasteiger partial charge in [0.2, 0.25) is 23.6 Å². The zero-order valence-corrected chi connectivity index (χ0v) is 33.2. The number of urea groups is 1. The number of rotatable bonds is 12. The number of hydrogen-bond acceptors (Lipinski definition) is 12. The summed E-state index contributed by atoms with van der Waals surface area (Å²) in [5, 5.41) is 20.8. The van der Waals surface area contributed by atoms with Crippen LogP contribution in [0.1, 0.15) is 91.4 Å². The highest BCUT2D eigenvalue weighted by molar-refractivity contribution is 6.05. The molecule has 18 nitrogen and oxygen atoms in total. The van der Waals surface area contributed by atoms with Gasteiger partial charge in [-0.2, -0.15) is 5.10 Å². The highest BCUT2D eigenvalue weighted by Crippen LogP contribution is 2.31. The predicted octanol–water partition coefficient (Wildman–Crippen LogP) is 4.46. The normalized spacial score (nSPS) is 16.8. The number of nitrogens with one attached hydrogen (secondary N) is 3. The van der Waals surface area contributed by atoms with Gasteiger partial charge >= 0.3 is 6.03 Å². The fourth-order valence-corrected chi connectivity index (χ4v) is 8.00. The number of piperidine rings is 1. The monoisotopic (exact) mass is 802 g/mol. The van der Waals surface area contributed by atoms with E-state index < -0.39 is 18.0 Å². The molecule has 59 heavy (non-hydrogen) atoms. The van der Waals surface area contributed by atoms with Crippen molar-refractivity contribution in [2.45, 2.75) is 84.2 Å². The van der Waals surface area contributed by atoms with Gasteiger partial charge in [-0.05, 0) is 67.5 Å². The average molecular weight is 803 g/mol. The Morgan fingerprint density at radius 3 is 2.58 bits per heavy atom. The summed E-state index contributed by atoms with van der Waals surface area (Å²) in [6.07, 6.45) is 8.79. The quantitative estimate of drug-likeness (QED) is 0.118. The third-order valence-electron chi connectivity index (χ3n) is 11.0. The van der Waals surface area contributed by atoms with Crippen LogP contribution in [0.2, 0.25) is 0 Å². The van der Waals surface area contributed by atoms with Crippen LogP contribution in [0.25, 0.3) is 17.2 Å². The largest absolute Gasteiger partial charge is 0.419 e.